The van der Waals surface area contributed by atoms with E-state index in [1.807, 2.05) is 36.4 Å². The van der Waals surface area contributed by atoms with Crippen LogP contribution < -0.4 is 24.7 Å². The van der Waals surface area contributed by atoms with Gasteiger partial charge in [-0.1, -0.05) is 6.07 Å². The standard InChI is InChI=1S/C19H21NO4/c1-21-15-8-14(9-16(11-15)22-2)17(12-20)13-4-5-18-19(10-13)24-7-3-6-23-18/h4-5,8-12H,3,6-7,20H2,1-2H3. The van der Waals surface area contributed by atoms with Crippen LogP contribution in [0.15, 0.2) is 42.6 Å². The van der Waals surface area contributed by atoms with Gasteiger partial charge in [0, 0.05) is 24.3 Å². The molecule has 24 heavy (non-hydrogen) atoms. The van der Waals surface area contributed by atoms with Crippen molar-refractivity contribution >= 4 is 5.57 Å². The highest BCUT2D eigenvalue weighted by molar-refractivity contribution is 5.81. The van der Waals surface area contributed by atoms with Crippen molar-refractivity contribution in [1.82, 2.24) is 0 Å². The third-order valence-corrected chi connectivity index (χ3v) is 3.89. The van der Waals surface area contributed by atoms with Crippen LogP contribution in [0, 0.1) is 0 Å². The molecule has 2 aromatic carbocycles. The summed E-state index contributed by atoms with van der Waals surface area (Å²) in [6.07, 6.45) is 2.45. The van der Waals surface area contributed by atoms with E-state index in [-0.39, 0.29) is 0 Å². The molecule has 1 heterocycles. The van der Waals surface area contributed by atoms with Crippen LogP contribution in [0.25, 0.3) is 5.57 Å². The lowest BCUT2D eigenvalue weighted by Gasteiger charge is -2.14. The summed E-state index contributed by atoms with van der Waals surface area (Å²) >= 11 is 0. The highest BCUT2D eigenvalue weighted by Gasteiger charge is 2.14. The number of fused-ring (bicyclic) bond motifs is 1. The van der Waals surface area contributed by atoms with Gasteiger partial charge in [0.05, 0.1) is 27.4 Å². The fourth-order valence-corrected chi connectivity index (χ4v) is 2.65. The van der Waals surface area contributed by atoms with E-state index in [1.54, 1.807) is 20.4 Å². The number of methoxy groups -OCH3 is 2. The molecule has 0 aromatic heterocycles. The van der Waals surface area contributed by atoms with Crippen LogP contribution in [-0.4, -0.2) is 27.4 Å². The van der Waals surface area contributed by atoms with Crippen molar-refractivity contribution in [3.05, 3.63) is 53.7 Å². The molecule has 0 fully saturated rings. The van der Waals surface area contributed by atoms with Gasteiger partial charge in [-0.2, -0.15) is 0 Å². The highest BCUT2D eigenvalue weighted by Crippen LogP contribution is 2.36. The predicted octanol–water partition coefficient (Wildman–Crippen LogP) is 3.21. The molecule has 0 aliphatic carbocycles. The van der Waals surface area contributed by atoms with Gasteiger partial charge < -0.3 is 24.7 Å². The van der Waals surface area contributed by atoms with Crippen LogP contribution in [0.4, 0.5) is 0 Å². The second kappa shape index (κ2) is 7.17. The minimum Gasteiger partial charge on any atom is -0.497 e. The number of ether oxygens (including phenoxy) is 4. The third kappa shape index (κ3) is 3.25. The lowest BCUT2D eigenvalue weighted by Crippen LogP contribution is -1.98. The zero-order valence-corrected chi connectivity index (χ0v) is 13.9. The van der Waals surface area contributed by atoms with Crippen LogP contribution in [0.1, 0.15) is 17.5 Å². The molecular formula is C19H21NO4. The van der Waals surface area contributed by atoms with Crippen molar-refractivity contribution in [3.8, 4) is 23.0 Å². The molecule has 5 nitrogen and oxygen atoms in total. The fourth-order valence-electron chi connectivity index (χ4n) is 2.65. The third-order valence-electron chi connectivity index (χ3n) is 3.89. The summed E-state index contributed by atoms with van der Waals surface area (Å²) in [5.74, 6) is 2.91. The highest BCUT2D eigenvalue weighted by atomic mass is 16.5. The maximum absolute atomic E-state index is 5.91. The summed E-state index contributed by atoms with van der Waals surface area (Å²) in [6.45, 7) is 1.31. The lowest BCUT2D eigenvalue weighted by molar-refractivity contribution is 0.297. The molecule has 2 N–H and O–H groups in total. The van der Waals surface area contributed by atoms with Gasteiger partial charge in [-0.05, 0) is 35.4 Å². The zero-order valence-electron chi connectivity index (χ0n) is 13.9. The topological polar surface area (TPSA) is 62.9 Å². The maximum Gasteiger partial charge on any atom is 0.161 e. The molecule has 1 aliphatic rings. The van der Waals surface area contributed by atoms with E-state index < -0.39 is 0 Å². The Labute approximate surface area is 141 Å². The fraction of sp³-hybridized carbons (Fsp3) is 0.263. The van der Waals surface area contributed by atoms with Gasteiger partial charge in [-0.15, -0.1) is 0 Å². The minimum absolute atomic E-state index is 0.644. The molecule has 0 atom stereocenters. The first-order valence-electron chi connectivity index (χ1n) is 7.80. The van der Waals surface area contributed by atoms with Crippen molar-refractivity contribution in [2.75, 3.05) is 27.4 Å². The van der Waals surface area contributed by atoms with Gasteiger partial charge in [0.2, 0.25) is 0 Å². The van der Waals surface area contributed by atoms with Crippen molar-refractivity contribution < 1.29 is 18.9 Å². The van der Waals surface area contributed by atoms with Crippen molar-refractivity contribution in [2.24, 2.45) is 5.73 Å². The molecule has 0 unspecified atom stereocenters. The van der Waals surface area contributed by atoms with E-state index in [0.717, 1.165) is 34.6 Å². The first-order valence-corrected chi connectivity index (χ1v) is 7.80. The van der Waals surface area contributed by atoms with Crippen LogP contribution >= 0.6 is 0 Å². The average molecular weight is 327 g/mol. The Hall–Kier alpha value is -2.82. The van der Waals surface area contributed by atoms with Gasteiger partial charge in [-0.3, -0.25) is 0 Å². The molecule has 0 spiro atoms. The van der Waals surface area contributed by atoms with Gasteiger partial charge in [0.15, 0.2) is 11.5 Å². The smallest absolute Gasteiger partial charge is 0.161 e. The molecule has 0 bridgehead atoms. The Kier molecular flexibility index (Phi) is 4.79. The Bertz CT molecular complexity index is 733. The SMILES string of the molecule is COc1cc(OC)cc(C(=CN)c2ccc3c(c2)OCCCO3)c1. The molecule has 0 saturated carbocycles. The van der Waals surface area contributed by atoms with Crippen LogP contribution in [0.3, 0.4) is 0 Å². The largest absolute Gasteiger partial charge is 0.497 e. The van der Waals surface area contributed by atoms with E-state index >= 15 is 0 Å². The second-order valence-electron chi connectivity index (χ2n) is 5.39. The first-order chi connectivity index (χ1) is 11.7. The molecule has 0 radical (unpaired) electrons. The Morgan fingerprint density at radius 1 is 0.917 bits per heavy atom. The van der Waals surface area contributed by atoms with E-state index in [9.17, 15) is 0 Å². The predicted molar refractivity (Wildman–Crippen MR) is 92.9 cm³/mol. The van der Waals surface area contributed by atoms with E-state index in [4.69, 9.17) is 24.7 Å². The summed E-state index contributed by atoms with van der Waals surface area (Å²) in [7, 11) is 3.25. The van der Waals surface area contributed by atoms with E-state index in [0.29, 0.717) is 24.7 Å². The molecule has 0 saturated heterocycles. The molecule has 0 amide bonds. The first kappa shape index (κ1) is 16.1. The molecule has 5 heteroatoms. The number of hydrogen-bond acceptors (Lipinski definition) is 5. The Morgan fingerprint density at radius 2 is 1.58 bits per heavy atom. The minimum atomic E-state index is 0.644. The monoisotopic (exact) mass is 327 g/mol. The van der Waals surface area contributed by atoms with Crippen LogP contribution in [0.5, 0.6) is 23.0 Å². The van der Waals surface area contributed by atoms with E-state index in [2.05, 4.69) is 0 Å². The Morgan fingerprint density at radius 3 is 2.21 bits per heavy atom. The molecule has 126 valence electrons. The number of rotatable bonds is 4. The van der Waals surface area contributed by atoms with Crippen molar-refractivity contribution in [1.29, 1.82) is 0 Å². The number of hydrogen-bond donors (Lipinski definition) is 1. The molecule has 1 aliphatic heterocycles. The average Bonchev–Trinajstić information content (AvgIpc) is 2.87. The van der Waals surface area contributed by atoms with Gasteiger partial charge in [0.1, 0.15) is 11.5 Å². The van der Waals surface area contributed by atoms with Gasteiger partial charge in [-0.25, -0.2) is 0 Å². The molecule has 3 rings (SSSR count). The lowest BCUT2D eigenvalue weighted by atomic mass is 9.98. The van der Waals surface area contributed by atoms with Crippen molar-refractivity contribution in [2.45, 2.75) is 6.42 Å². The summed E-state index contributed by atoms with van der Waals surface area (Å²) in [5, 5.41) is 0. The van der Waals surface area contributed by atoms with Crippen molar-refractivity contribution in [3.63, 3.8) is 0 Å². The number of nitrogens with two attached hydrogens (primary N) is 1. The summed E-state index contributed by atoms with van der Waals surface area (Å²) in [6, 6.07) is 11.5. The van der Waals surface area contributed by atoms with Crippen LogP contribution in [-0.2, 0) is 0 Å². The summed E-state index contributed by atoms with van der Waals surface area (Å²) in [4.78, 5) is 0. The molecular weight excluding hydrogens is 306 g/mol. The summed E-state index contributed by atoms with van der Waals surface area (Å²) < 4.78 is 22.1. The maximum atomic E-state index is 5.91. The normalized spacial score (nSPS) is 14.0. The number of benzene rings is 2. The quantitative estimate of drug-likeness (QED) is 0.934. The summed E-state index contributed by atoms with van der Waals surface area (Å²) in [5.41, 5.74) is 8.62. The van der Waals surface area contributed by atoms with Gasteiger partial charge in [0.25, 0.3) is 0 Å². The Balaban J connectivity index is 2.02. The van der Waals surface area contributed by atoms with Gasteiger partial charge >= 0.3 is 0 Å². The second-order valence-corrected chi connectivity index (χ2v) is 5.39. The van der Waals surface area contributed by atoms with Crippen LogP contribution in [0.2, 0.25) is 0 Å². The molecule has 2 aromatic rings. The zero-order chi connectivity index (χ0) is 16.9. The van der Waals surface area contributed by atoms with E-state index in [1.165, 1.54) is 0 Å².